The van der Waals surface area contributed by atoms with Crippen LogP contribution in [0, 0.1) is 5.82 Å². The van der Waals surface area contributed by atoms with E-state index in [0.717, 1.165) is 5.56 Å². The molecule has 0 saturated carbocycles. The van der Waals surface area contributed by atoms with Crippen molar-refractivity contribution < 1.29 is 28.1 Å². The zero-order valence-electron chi connectivity index (χ0n) is 23.3. The van der Waals surface area contributed by atoms with Gasteiger partial charge in [-0.3, -0.25) is 9.36 Å². The monoisotopic (exact) mass is 588 g/mol. The molecular weight excluding hydrogens is 559 g/mol. The predicted molar refractivity (Wildman–Crippen MR) is 157 cm³/mol. The minimum Gasteiger partial charge on any atom is -0.490 e. The maximum atomic E-state index is 13.9. The summed E-state index contributed by atoms with van der Waals surface area (Å²) in [6.07, 6.45) is 3.21. The van der Waals surface area contributed by atoms with Gasteiger partial charge < -0.3 is 18.9 Å². The molecule has 2 heterocycles. The van der Waals surface area contributed by atoms with E-state index in [9.17, 15) is 14.0 Å². The number of rotatable bonds is 10. The third-order valence-corrected chi connectivity index (χ3v) is 7.54. The van der Waals surface area contributed by atoms with Crippen LogP contribution in [-0.2, 0) is 16.1 Å². The maximum absolute atomic E-state index is 13.9. The third-order valence-electron chi connectivity index (χ3n) is 6.54. The van der Waals surface area contributed by atoms with Crippen molar-refractivity contribution in [1.29, 1.82) is 0 Å². The summed E-state index contributed by atoms with van der Waals surface area (Å²) in [4.78, 5) is 31.4. The zero-order valence-corrected chi connectivity index (χ0v) is 24.2. The first-order valence-electron chi connectivity index (χ1n) is 13.4. The number of benzene rings is 3. The van der Waals surface area contributed by atoms with Gasteiger partial charge in [-0.15, -0.1) is 0 Å². The lowest BCUT2D eigenvalue weighted by Crippen LogP contribution is -2.39. The molecule has 42 heavy (non-hydrogen) atoms. The van der Waals surface area contributed by atoms with E-state index in [1.165, 1.54) is 35.3 Å². The van der Waals surface area contributed by atoms with Crippen LogP contribution in [0.2, 0.25) is 0 Å². The Bertz CT molecular complexity index is 1810. The van der Waals surface area contributed by atoms with Crippen LogP contribution in [0.25, 0.3) is 6.08 Å². The lowest BCUT2D eigenvalue weighted by molar-refractivity contribution is -0.136. The molecule has 0 spiro atoms. The Morgan fingerprint density at radius 1 is 1.00 bits per heavy atom. The maximum Gasteiger partial charge on any atom is 0.337 e. The molecule has 0 amide bonds. The van der Waals surface area contributed by atoms with Crippen molar-refractivity contribution in [2.24, 2.45) is 4.99 Å². The van der Waals surface area contributed by atoms with Gasteiger partial charge in [-0.1, -0.05) is 47.7 Å². The summed E-state index contributed by atoms with van der Waals surface area (Å²) < 4.78 is 38.1. The smallest absolute Gasteiger partial charge is 0.337 e. The van der Waals surface area contributed by atoms with Gasteiger partial charge in [0.2, 0.25) is 0 Å². The summed E-state index contributed by atoms with van der Waals surface area (Å²) in [5.41, 5.74) is 1.80. The molecule has 4 aromatic rings. The molecule has 8 nitrogen and oxygen atoms in total. The summed E-state index contributed by atoms with van der Waals surface area (Å²) in [5.74, 6) is 0.742. The molecule has 0 N–H and O–H groups in total. The molecule has 216 valence electrons. The molecule has 0 bridgehead atoms. The molecule has 0 saturated heterocycles. The van der Waals surface area contributed by atoms with Crippen LogP contribution in [0.15, 0.2) is 88.3 Å². The van der Waals surface area contributed by atoms with E-state index in [1.54, 1.807) is 54.6 Å². The molecule has 1 aliphatic rings. The fraction of sp³-hybridized carbons (Fsp3) is 0.219. The van der Waals surface area contributed by atoms with Gasteiger partial charge in [0.25, 0.3) is 5.56 Å². The minimum atomic E-state index is -0.778. The van der Waals surface area contributed by atoms with Crippen LogP contribution in [0.3, 0.4) is 0 Å². The highest BCUT2D eigenvalue weighted by Crippen LogP contribution is 2.35. The van der Waals surface area contributed by atoms with Crippen molar-refractivity contribution in [3.63, 3.8) is 0 Å². The van der Waals surface area contributed by atoms with E-state index in [0.29, 0.717) is 50.9 Å². The van der Waals surface area contributed by atoms with Gasteiger partial charge in [0.1, 0.15) is 18.2 Å². The summed E-state index contributed by atoms with van der Waals surface area (Å²) in [5, 5.41) is 0. The predicted octanol–water partition coefficient (Wildman–Crippen LogP) is 4.53. The van der Waals surface area contributed by atoms with E-state index in [4.69, 9.17) is 18.9 Å². The van der Waals surface area contributed by atoms with Crippen molar-refractivity contribution in [2.45, 2.75) is 26.5 Å². The molecule has 3 aromatic carbocycles. The highest BCUT2D eigenvalue weighted by atomic mass is 32.1. The summed E-state index contributed by atoms with van der Waals surface area (Å²) >= 11 is 1.22. The second-order valence-electron chi connectivity index (χ2n) is 9.20. The summed E-state index contributed by atoms with van der Waals surface area (Å²) in [7, 11) is 1.29. The van der Waals surface area contributed by atoms with E-state index in [-0.39, 0.29) is 23.6 Å². The van der Waals surface area contributed by atoms with Crippen LogP contribution < -0.4 is 29.1 Å². The normalized spacial score (nSPS) is 14.4. The lowest BCUT2D eigenvalue weighted by Gasteiger charge is -2.23. The van der Waals surface area contributed by atoms with Crippen LogP contribution in [0.1, 0.15) is 36.6 Å². The SMILES string of the molecule is CCOc1ccc([C@H]2C(C(=O)OC)=CN=c3s/c(=C\c4ccc(OCc5ccccc5F)cc4)c(=O)n32)cc1OCC. The van der Waals surface area contributed by atoms with Crippen LogP contribution in [-0.4, -0.2) is 30.9 Å². The van der Waals surface area contributed by atoms with Crippen molar-refractivity contribution in [1.82, 2.24) is 4.57 Å². The zero-order chi connectivity index (χ0) is 29.6. The average molecular weight is 589 g/mol. The highest BCUT2D eigenvalue weighted by molar-refractivity contribution is 7.07. The van der Waals surface area contributed by atoms with Crippen LogP contribution in [0.4, 0.5) is 4.39 Å². The first-order valence-corrected chi connectivity index (χ1v) is 14.2. The number of halogens is 1. The Labute approximate surface area is 245 Å². The Hall–Kier alpha value is -4.70. The minimum absolute atomic E-state index is 0.101. The number of fused-ring (bicyclic) bond motifs is 1. The molecule has 1 aromatic heterocycles. The highest BCUT2D eigenvalue weighted by Gasteiger charge is 2.31. The number of ether oxygens (including phenoxy) is 4. The Kier molecular flexibility index (Phi) is 8.83. The number of hydrogen-bond donors (Lipinski definition) is 0. The van der Waals surface area contributed by atoms with Crippen LogP contribution in [0.5, 0.6) is 17.2 Å². The van der Waals surface area contributed by atoms with E-state index >= 15 is 0 Å². The quantitative estimate of drug-likeness (QED) is 0.253. The number of carbonyl (C=O) groups is 1. The van der Waals surface area contributed by atoms with Crippen LogP contribution >= 0.6 is 11.3 Å². The number of nitrogens with zero attached hydrogens (tertiary/aromatic N) is 2. The second kappa shape index (κ2) is 12.9. The average Bonchev–Trinajstić information content (AvgIpc) is 3.32. The lowest BCUT2D eigenvalue weighted by atomic mass is 9.97. The summed E-state index contributed by atoms with van der Waals surface area (Å²) in [6.45, 7) is 4.72. The molecule has 5 rings (SSSR count). The fourth-order valence-corrected chi connectivity index (χ4v) is 5.54. The molecule has 0 aliphatic carbocycles. The fourth-order valence-electron chi connectivity index (χ4n) is 4.58. The number of esters is 1. The van der Waals surface area contributed by atoms with Gasteiger partial charge in [0.15, 0.2) is 16.3 Å². The first kappa shape index (κ1) is 28.8. The molecule has 0 unspecified atom stereocenters. The van der Waals surface area contributed by atoms with Gasteiger partial charge >= 0.3 is 5.97 Å². The molecule has 1 atom stereocenters. The van der Waals surface area contributed by atoms with Gasteiger partial charge in [-0.05, 0) is 61.4 Å². The number of thiazole rings is 1. The molecule has 0 fully saturated rings. The number of methoxy groups -OCH3 is 1. The Morgan fingerprint density at radius 2 is 1.74 bits per heavy atom. The largest absolute Gasteiger partial charge is 0.490 e. The third kappa shape index (κ3) is 5.99. The number of aromatic nitrogens is 1. The number of hydrogen-bond acceptors (Lipinski definition) is 8. The van der Waals surface area contributed by atoms with E-state index < -0.39 is 12.0 Å². The van der Waals surface area contributed by atoms with Crippen molar-refractivity contribution in [3.8, 4) is 17.2 Å². The van der Waals surface area contributed by atoms with E-state index in [1.807, 2.05) is 26.0 Å². The van der Waals surface area contributed by atoms with Crippen molar-refractivity contribution >= 4 is 23.4 Å². The standard InChI is InChI=1S/C32H29FN2O6S/c1-4-39-26-15-12-21(17-27(26)40-5-2)29-24(31(37)38-3)18-34-32-35(29)30(36)28(42-32)16-20-10-13-23(14-11-20)41-19-22-8-6-7-9-25(22)33/h6-18,29H,4-5,19H2,1-3H3/b28-16-/t29-/m0/s1. The van der Waals surface area contributed by atoms with Crippen molar-refractivity contribution in [2.75, 3.05) is 20.3 Å². The van der Waals surface area contributed by atoms with Gasteiger partial charge in [0.05, 0.1) is 36.5 Å². The van der Waals surface area contributed by atoms with Crippen molar-refractivity contribution in [3.05, 3.63) is 121 Å². The summed E-state index contributed by atoms with van der Waals surface area (Å²) in [6, 6.07) is 18.2. The van der Waals surface area contributed by atoms with E-state index in [2.05, 4.69) is 4.99 Å². The molecular formula is C32H29FN2O6S. The first-order chi connectivity index (χ1) is 20.4. The van der Waals surface area contributed by atoms with Gasteiger partial charge in [-0.25, -0.2) is 14.2 Å². The Morgan fingerprint density at radius 3 is 2.45 bits per heavy atom. The molecule has 1 aliphatic heterocycles. The second-order valence-corrected chi connectivity index (χ2v) is 10.2. The Balaban J connectivity index is 1.49. The number of carbonyl (C=O) groups excluding carboxylic acids is 1. The molecule has 0 radical (unpaired) electrons. The topological polar surface area (TPSA) is 88.4 Å². The van der Waals surface area contributed by atoms with Gasteiger partial charge in [0, 0.05) is 11.8 Å². The molecule has 10 heteroatoms. The van der Waals surface area contributed by atoms with Gasteiger partial charge in [-0.2, -0.15) is 0 Å².